The van der Waals surface area contributed by atoms with E-state index in [1.807, 2.05) is 0 Å². The Kier molecular flexibility index (Phi) is 5.91. The van der Waals surface area contributed by atoms with E-state index in [0.717, 1.165) is 0 Å². The highest BCUT2D eigenvalue weighted by Crippen LogP contribution is 2.07. The van der Waals surface area contributed by atoms with Gasteiger partial charge in [-0.3, -0.25) is 9.59 Å². The van der Waals surface area contributed by atoms with Gasteiger partial charge in [-0.15, -0.1) is 12.4 Å². The Morgan fingerprint density at radius 1 is 1.41 bits per heavy atom. The van der Waals surface area contributed by atoms with Crippen LogP contribution in [0.25, 0.3) is 0 Å². The van der Waals surface area contributed by atoms with Crippen LogP contribution in [-0.2, 0) is 11.8 Å². The van der Waals surface area contributed by atoms with E-state index in [2.05, 4.69) is 5.32 Å². The summed E-state index contributed by atoms with van der Waals surface area (Å²) < 4.78 is 1.41. The third-order valence-electron chi connectivity index (χ3n) is 2.56. The topological polar surface area (TPSA) is 77.1 Å². The molecule has 0 bridgehead atoms. The molecule has 5 nitrogen and oxygen atoms in total. The number of aryl methyl sites for hydroxylation is 1. The number of pyridine rings is 1. The molecule has 1 aromatic rings. The molecular weight excluding hydrogens is 242 g/mol. The summed E-state index contributed by atoms with van der Waals surface area (Å²) in [4.78, 5) is 22.8. The first-order valence-corrected chi connectivity index (χ1v) is 5.15. The quantitative estimate of drug-likeness (QED) is 0.840. The van der Waals surface area contributed by atoms with Crippen LogP contribution in [-0.4, -0.2) is 16.5 Å². The van der Waals surface area contributed by atoms with Crippen molar-refractivity contribution in [3.8, 4) is 0 Å². The van der Waals surface area contributed by atoms with Crippen LogP contribution in [0.4, 0.5) is 5.69 Å². The van der Waals surface area contributed by atoms with Crippen LogP contribution in [0.2, 0.25) is 0 Å². The Morgan fingerprint density at radius 3 is 2.47 bits per heavy atom. The number of hydrogen-bond donors (Lipinski definition) is 2. The molecule has 0 aromatic carbocycles. The average Bonchev–Trinajstić information content (AvgIpc) is 2.22. The molecule has 17 heavy (non-hydrogen) atoms. The van der Waals surface area contributed by atoms with Gasteiger partial charge in [-0.05, 0) is 13.0 Å². The zero-order valence-corrected chi connectivity index (χ0v) is 11.0. The fourth-order valence-electron chi connectivity index (χ4n) is 1.16. The molecule has 2 atom stereocenters. The molecule has 96 valence electrons. The Bertz CT molecular complexity index is 443. The largest absolute Gasteiger partial charge is 0.327 e. The maximum Gasteiger partial charge on any atom is 0.250 e. The number of hydrogen-bond acceptors (Lipinski definition) is 3. The molecule has 6 heteroatoms. The molecule has 1 amide bonds. The second kappa shape index (κ2) is 6.42. The predicted molar refractivity (Wildman–Crippen MR) is 70.4 cm³/mol. The van der Waals surface area contributed by atoms with Gasteiger partial charge in [0.05, 0.1) is 11.6 Å². The summed E-state index contributed by atoms with van der Waals surface area (Å²) in [5.74, 6) is -0.411. The average molecular weight is 260 g/mol. The lowest BCUT2D eigenvalue weighted by Gasteiger charge is -2.15. The van der Waals surface area contributed by atoms with E-state index in [1.165, 1.54) is 10.6 Å². The Hall–Kier alpha value is -1.33. The Morgan fingerprint density at radius 2 is 2.00 bits per heavy atom. The van der Waals surface area contributed by atoms with Crippen molar-refractivity contribution in [2.75, 3.05) is 5.32 Å². The van der Waals surface area contributed by atoms with Crippen molar-refractivity contribution in [2.24, 2.45) is 18.7 Å². The van der Waals surface area contributed by atoms with Crippen molar-refractivity contribution >= 4 is 24.0 Å². The smallest absolute Gasteiger partial charge is 0.250 e. The van der Waals surface area contributed by atoms with Crippen molar-refractivity contribution in [1.82, 2.24) is 4.57 Å². The highest BCUT2D eigenvalue weighted by molar-refractivity contribution is 5.92. The molecule has 0 aliphatic rings. The molecule has 0 fully saturated rings. The van der Waals surface area contributed by atoms with Gasteiger partial charge in [0.25, 0.3) is 0 Å². The molecule has 0 radical (unpaired) electrons. The van der Waals surface area contributed by atoms with Crippen LogP contribution in [0.1, 0.15) is 13.8 Å². The van der Waals surface area contributed by atoms with E-state index in [1.54, 1.807) is 33.2 Å². The summed E-state index contributed by atoms with van der Waals surface area (Å²) in [6.45, 7) is 3.55. The minimum atomic E-state index is -0.266. The van der Waals surface area contributed by atoms with Crippen LogP contribution in [0, 0.1) is 5.92 Å². The standard InChI is InChI=1S/C11H17N3O2.ClH/c1-7(8(2)12)11(16)13-9-4-5-10(15)14(3)6-9;/h4-8H,12H2,1-3H3,(H,13,16);1H. The number of nitrogens with zero attached hydrogens (tertiary/aromatic N) is 1. The van der Waals surface area contributed by atoms with Gasteiger partial charge in [0, 0.05) is 25.4 Å². The van der Waals surface area contributed by atoms with Crippen LogP contribution in [0.5, 0.6) is 0 Å². The first-order valence-electron chi connectivity index (χ1n) is 5.15. The van der Waals surface area contributed by atoms with E-state index < -0.39 is 0 Å². The molecule has 0 aliphatic carbocycles. The number of aromatic nitrogens is 1. The van der Waals surface area contributed by atoms with Crippen molar-refractivity contribution in [1.29, 1.82) is 0 Å². The molecule has 3 N–H and O–H groups in total. The number of nitrogens with two attached hydrogens (primary N) is 1. The Balaban J connectivity index is 0.00000256. The van der Waals surface area contributed by atoms with E-state index in [9.17, 15) is 9.59 Å². The fourth-order valence-corrected chi connectivity index (χ4v) is 1.16. The van der Waals surface area contributed by atoms with Crippen LogP contribution < -0.4 is 16.6 Å². The summed E-state index contributed by atoms with van der Waals surface area (Å²) in [5.41, 5.74) is 6.11. The second-order valence-corrected chi connectivity index (χ2v) is 4.00. The summed E-state index contributed by atoms with van der Waals surface area (Å²) in [5, 5.41) is 2.71. The fraction of sp³-hybridized carbons (Fsp3) is 0.455. The molecule has 0 aliphatic heterocycles. The highest BCUT2D eigenvalue weighted by Gasteiger charge is 2.16. The van der Waals surface area contributed by atoms with Gasteiger partial charge >= 0.3 is 0 Å². The maximum atomic E-state index is 11.7. The summed E-state index contributed by atoms with van der Waals surface area (Å²) in [7, 11) is 1.63. The van der Waals surface area contributed by atoms with Gasteiger partial charge in [0.2, 0.25) is 11.5 Å². The number of carbonyl (C=O) groups excluding carboxylic acids is 1. The lowest BCUT2D eigenvalue weighted by molar-refractivity contribution is -0.119. The first kappa shape index (κ1) is 15.7. The van der Waals surface area contributed by atoms with Crippen molar-refractivity contribution in [2.45, 2.75) is 19.9 Å². The van der Waals surface area contributed by atoms with Crippen LogP contribution in [0.15, 0.2) is 23.1 Å². The normalized spacial score (nSPS) is 13.4. The number of rotatable bonds is 3. The van der Waals surface area contributed by atoms with Crippen LogP contribution >= 0.6 is 12.4 Å². The third kappa shape index (κ3) is 4.20. The number of anilines is 1. The Labute approximate surface area is 106 Å². The van der Waals surface area contributed by atoms with Crippen molar-refractivity contribution in [3.05, 3.63) is 28.7 Å². The van der Waals surface area contributed by atoms with E-state index in [0.29, 0.717) is 5.69 Å². The number of nitrogens with one attached hydrogen (secondary N) is 1. The van der Waals surface area contributed by atoms with Gasteiger partial charge < -0.3 is 15.6 Å². The van der Waals surface area contributed by atoms with Gasteiger partial charge in [0.15, 0.2) is 0 Å². The molecule has 0 spiro atoms. The van der Waals surface area contributed by atoms with E-state index in [-0.39, 0.29) is 35.8 Å². The van der Waals surface area contributed by atoms with Gasteiger partial charge in [-0.25, -0.2) is 0 Å². The molecule has 2 unspecified atom stereocenters. The molecule has 1 rings (SSSR count). The molecular formula is C11H18ClN3O2. The minimum Gasteiger partial charge on any atom is -0.327 e. The number of halogens is 1. The van der Waals surface area contributed by atoms with Crippen LogP contribution in [0.3, 0.4) is 0 Å². The highest BCUT2D eigenvalue weighted by atomic mass is 35.5. The summed E-state index contributed by atoms with van der Waals surface area (Å²) in [6, 6.07) is 2.79. The van der Waals surface area contributed by atoms with E-state index in [4.69, 9.17) is 5.73 Å². The molecule has 1 aromatic heterocycles. The predicted octanol–water partition coefficient (Wildman–Crippen LogP) is 0.729. The molecule has 1 heterocycles. The van der Waals surface area contributed by atoms with E-state index >= 15 is 0 Å². The maximum absolute atomic E-state index is 11.7. The SMILES string of the molecule is CC(N)C(C)C(=O)Nc1ccc(=O)n(C)c1.Cl. The lowest BCUT2D eigenvalue weighted by Crippen LogP contribution is -2.34. The minimum absolute atomic E-state index is 0. The van der Waals surface area contributed by atoms with Gasteiger partial charge in [-0.1, -0.05) is 6.92 Å². The summed E-state index contributed by atoms with van der Waals surface area (Å²) >= 11 is 0. The zero-order chi connectivity index (χ0) is 12.3. The lowest BCUT2D eigenvalue weighted by atomic mass is 10.0. The van der Waals surface area contributed by atoms with Crippen molar-refractivity contribution < 1.29 is 4.79 Å². The summed E-state index contributed by atoms with van der Waals surface area (Å²) in [6.07, 6.45) is 1.58. The second-order valence-electron chi connectivity index (χ2n) is 4.00. The van der Waals surface area contributed by atoms with Gasteiger partial charge in [0.1, 0.15) is 0 Å². The first-order chi connectivity index (χ1) is 7.41. The van der Waals surface area contributed by atoms with Crippen molar-refractivity contribution in [3.63, 3.8) is 0 Å². The monoisotopic (exact) mass is 259 g/mol. The molecule has 0 saturated heterocycles. The third-order valence-corrected chi connectivity index (χ3v) is 2.56. The molecule has 0 saturated carbocycles. The zero-order valence-electron chi connectivity index (χ0n) is 10.1. The number of amides is 1. The number of carbonyl (C=O) groups is 1. The van der Waals surface area contributed by atoms with Gasteiger partial charge in [-0.2, -0.15) is 0 Å².